The standard InChI is InChI=1S/C25H16F3NO/c1-2-7-16-8-3-4-11-19(16)21-15-29-24-20(12-6-13-22(24)25(26,27)28)23(21)17-9-5-10-18(30)14-17/h3-6,8-15,30H,1H3. The van der Waals surface area contributed by atoms with Gasteiger partial charge < -0.3 is 5.11 Å². The topological polar surface area (TPSA) is 33.1 Å². The van der Waals surface area contributed by atoms with Crippen molar-refractivity contribution in [3.8, 4) is 39.8 Å². The number of nitrogens with zero attached hydrogens (tertiary/aromatic N) is 1. The summed E-state index contributed by atoms with van der Waals surface area (Å²) in [6.07, 6.45) is -3.08. The number of benzene rings is 3. The predicted octanol–water partition coefficient (Wildman–Crippen LogP) is 6.66. The van der Waals surface area contributed by atoms with E-state index in [9.17, 15) is 18.3 Å². The van der Waals surface area contributed by atoms with E-state index in [1.807, 2.05) is 24.3 Å². The van der Waals surface area contributed by atoms with Crippen molar-refractivity contribution >= 4 is 10.9 Å². The van der Waals surface area contributed by atoms with Crippen molar-refractivity contribution in [2.24, 2.45) is 0 Å². The molecule has 5 heteroatoms. The Kier molecular flexibility index (Phi) is 4.93. The van der Waals surface area contributed by atoms with Crippen LogP contribution in [0.4, 0.5) is 13.2 Å². The van der Waals surface area contributed by atoms with Crippen LogP contribution in [0.25, 0.3) is 33.2 Å². The summed E-state index contributed by atoms with van der Waals surface area (Å²) in [5.74, 6) is 5.94. The zero-order valence-electron chi connectivity index (χ0n) is 16.0. The minimum atomic E-state index is -4.53. The first-order valence-electron chi connectivity index (χ1n) is 9.20. The van der Waals surface area contributed by atoms with E-state index in [0.29, 0.717) is 22.1 Å². The van der Waals surface area contributed by atoms with E-state index >= 15 is 0 Å². The summed E-state index contributed by atoms with van der Waals surface area (Å²) in [6.45, 7) is 1.72. The van der Waals surface area contributed by atoms with Crippen LogP contribution in [0.3, 0.4) is 0 Å². The molecule has 0 spiro atoms. The highest BCUT2D eigenvalue weighted by molar-refractivity contribution is 6.04. The molecule has 0 fully saturated rings. The van der Waals surface area contributed by atoms with E-state index in [1.165, 1.54) is 24.4 Å². The molecule has 1 heterocycles. The lowest BCUT2D eigenvalue weighted by atomic mass is 9.89. The average Bonchev–Trinajstić information content (AvgIpc) is 2.72. The van der Waals surface area contributed by atoms with Crippen molar-refractivity contribution in [1.29, 1.82) is 0 Å². The van der Waals surface area contributed by atoms with E-state index in [-0.39, 0.29) is 11.3 Å². The molecular formula is C25H16F3NO. The lowest BCUT2D eigenvalue weighted by molar-refractivity contribution is -0.136. The third kappa shape index (κ3) is 3.48. The number of hydrogen-bond donors (Lipinski definition) is 1. The molecule has 0 unspecified atom stereocenters. The molecule has 4 rings (SSSR count). The lowest BCUT2D eigenvalue weighted by Gasteiger charge is -2.17. The molecule has 0 atom stereocenters. The molecule has 3 aromatic carbocycles. The minimum Gasteiger partial charge on any atom is -0.508 e. The van der Waals surface area contributed by atoms with Gasteiger partial charge in [-0.05, 0) is 42.3 Å². The van der Waals surface area contributed by atoms with E-state index in [2.05, 4.69) is 16.8 Å². The summed E-state index contributed by atoms with van der Waals surface area (Å²) < 4.78 is 40.8. The van der Waals surface area contributed by atoms with Gasteiger partial charge in [0, 0.05) is 28.3 Å². The van der Waals surface area contributed by atoms with Gasteiger partial charge in [-0.25, -0.2) is 0 Å². The number of alkyl halides is 3. The van der Waals surface area contributed by atoms with Crippen LogP contribution < -0.4 is 0 Å². The minimum absolute atomic E-state index is 0.0250. The monoisotopic (exact) mass is 403 g/mol. The molecule has 0 saturated carbocycles. The number of aromatic nitrogens is 1. The maximum atomic E-state index is 13.6. The van der Waals surface area contributed by atoms with Gasteiger partial charge in [-0.2, -0.15) is 13.2 Å². The summed E-state index contributed by atoms with van der Waals surface area (Å²) in [7, 11) is 0. The molecule has 148 valence electrons. The molecule has 0 radical (unpaired) electrons. The molecule has 0 saturated heterocycles. The highest BCUT2D eigenvalue weighted by Crippen LogP contribution is 2.42. The number of halogens is 3. The number of phenols is 1. The molecule has 0 amide bonds. The number of rotatable bonds is 2. The summed E-state index contributed by atoms with van der Waals surface area (Å²) in [5.41, 5.74) is 2.38. The van der Waals surface area contributed by atoms with Crippen LogP contribution in [0.2, 0.25) is 0 Å². The van der Waals surface area contributed by atoms with Gasteiger partial charge in [-0.15, -0.1) is 5.92 Å². The van der Waals surface area contributed by atoms with E-state index < -0.39 is 11.7 Å². The third-order valence-electron chi connectivity index (χ3n) is 4.81. The van der Waals surface area contributed by atoms with Gasteiger partial charge in [0.2, 0.25) is 0 Å². The van der Waals surface area contributed by atoms with Gasteiger partial charge in [0.15, 0.2) is 0 Å². The first-order chi connectivity index (χ1) is 14.4. The first-order valence-corrected chi connectivity index (χ1v) is 9.20. The molecular weight excluding hydrogens is 387 g/mol. The van der Waals surface area contributed by atoms with E-state index in [0.717, 1.165) is 17.2 Å². The molecule has 0 aliphatic heterocycles. The zero-order chi connectivity index (χ0) is 21.3. The molecule has 4 aromatic rings. The quantitative estimate of drug-likeness (QED) is 0.380. The van der Waals surface area contributed by atoms with Crippen molar-refractivity contribution in [3.63, 3.8) is 0 Å². The van der Waals surface area contributed by atoms with Gasteiger partial charge in [0.05, 0.1) is 11.1 Å². The Morgan fingerprint density at radius 2 is 1.67 bits per heavy atom. The summed E-state index contributed by atoms with van der Waals surface area (Å²) in [5, 5.41) is 10.4. The second-order valence-corrected chi connectivity index (χ2v) is 6.72. The summed E-state index contributed by atoms with van der Waals surface area (Å²) in [6, 6.07) is 17.9. The highest BCUT2D eigenvalue weighted by Gasteiger charge is 2.33. The molecule has 2 nitrogen and oxygen atoms in total. The molecule has 1 N–H and O–H groups in total. The Morgan fingerprint density at radius 3 is 2.40 bits per heavy atom. The lowest BCUT2D eigenvalue weighted by Crippen LogP contribution is -2.07. The van der Waals surface area contributed by atoms with Gasteiger partial charge in [0.1, 0.15) is 5.75 Å². The van der Waals surface area contributed by atoms with Crippen LogP contribution in [0.1, 0.15) is 18.1 Å². The largest absolute Gasteiger partial charge is 0.508 e. The smallest absolute Gasteiger partial charge is 0.418 e. The Balaban J connectivity index is 2.15. The van der Waals surface area contributed by atoms with Gasteiger partial charge in [0.25, 0.3) is 0 Å². The normalized spacial score (nSPS) is 11.2. The van der Waals surface area contributed by atoms with Crippen molar-refractivity contribution < 1.29 is 18.3 Å². The van der Waals surface area contributed by atoms with E-state index in [1.54, 1.807) is 25.1 Å². The van der Waals surface area contributed by atoms with Crippen molar-refractivity contribution in [2.75, 3.05) is 0 Å². The highest BCUT2D eigenvalue weighted by atomic mass is 19.4. The van der Waals surface area contributed by atoms with Gasteiger partial charge >= 0.3 is 6.18 Å². The number of fused-ring (bicyclic) bond motifs is 1. The predicted molar refractivity (Wildman–Crippen MR) is 112 cm³/mol. The van der Waals surface area contributed by atoms with Crippen molar-refractivity contribution in [2.45, 2.75) is 13.1 Å². The fourth-order valence-corrected chi connectivity index (χ4v) is 3.59. The number of phenolic OH excluding ortho intramolecular Hbond substituents is 1. The van der Waals surface area contributed by atoms with Crippen LogP contribution in [-0.2, 0) is 6.18 Å². The number of hydrogen-bond acceptors (Lipinski definition) is 2. The van der Waals surface area contributed by atoms with Gasteiger partial charge in [-0.1, -0.05) is 48.4 Å². The maximum Gasteiger partial charge on any atom is 0.418 e. The fourth-order valence-electron chi connectivity index (χ4n) is 3.59. The summed E-state index contributed by atoms with van der Waals surface area (Å²) in [4.78, 5) is 4.20. The maximum absolute atomic E-state index is 13.6. The SMILES string of the molecule is CC#Cc1ccccc1-c1cnc2c(C(F)(F)F)cccc2c1-c1cccc(O)c1. The fraction of sp³-hybridized carbons (Fsp3) is 0.0800. The second-order valence-electron chi connectivity index (χ2n) is 6.72. The van der Waals surface area contributed by atoms with Crippen LogP contribution in [0, 0.1) is 11.8 Å². The Hall–Kier alpha value is -3.78. The number of para-hydroxylation sites is 1. The van der Waals surface area contributed by atoms with Crippen LogP contribution in [0.15, 0.2) is 72.9 Å². The molecule has 0 bridgehead atoms. The summed E-state index contributed by atoms with van der Waals surface area (Å²) >= 11 is 0. The molecule has 0 aliphatic rings. The zero-order valence-corrected chi connectivity index (χ0v) is 16.0. The second kappa shape index (κ2) is 7.57. The average molecular weight is 403 g/mol. The van der Waals surface area contributed by atoms with Crippen LogP contribution in [0.5, 0.6) is 5.75 Å². The Labute approximate surface area is 171 Å². The number of pyridine rings is 1. The molecule has 1 aromatic heterocycles. The van der Waals surface area contributed by atoms with E-state index in [4.69, 9.17) is 0 Å². The van der Waals surface area contributed by atoms with Crippen molar-refractivity contribution in [3.05, 3.63) is 84.1 Å². The first kappa shape index (κ1) is 19.5. The Morgan fingerprint density at radius 1 is 0.900 bits per heavy atom. The van der Waals surface area contributed by atoms with Crippen LogP contribution >= 0.6 is 0 Å². The Bertz CT molecular complexity index is 1310. The van der Waals surface area contributed by atoms with Gasteiger partial charge in [-0.3, -0.25) is 4.98 Å². The molecule has 30 heavy (non-hydrogen) atoms. The number of aromatic hydroxyl groups is 1. The van der Waals surface area contributed by atoms with Crippen molar-refractivity contribution in [1.82, 2.24) is 4.98 Å². The molecule has 0 aliphatic carbocycles. The van der Waals surface area contributed by atoms with Crippen LogP contribution in [-0.4, -0.2) is 10.1 Å². The third-order valence-corrected chi connectivity index (χ3v) is 4.81.